The molecule has 0 bridgehead atoms. The molecule has 0 aliphatic heterocycles. The van der Waals surface area contributed by atoms with E-state index in [9.17, 15) is 13.2 Å². The van der Waals surface area contributed by atoms with Gasteiger partial charge in [0.15, 0.2) is 11.5 Å². The van der Waals surface area contributed by atoms with Crippen LogP contribution in [0.2, 0.25) is 0 Å². The van der Waals surface area contributed by atoms with Crippen LogP contribution in [-0.2, 0) is 21.4 Å². The number of carbonyl (C=O) groups excluding carboxylic acids is 1. The van der Waals surface area contributed by atoms with E-state index in [2.05, 4.69) is 5.32 Å². The minimum atomic E-state index is -3.77. The van der Waals surface area contributed by atoms with Crippen LogP contribution in [0.3, 0.4) is 0 Å². The molecule has 0 radical (unpaired) electrons. The van der Waals surface area contributed by atoms with Crippen molar-refractivity contribution in [1.29, 1.82) is 0 Å². The Kier molecular flexibility index (Phi) is 7.60. The van der Waals surface area contributed by atoms with Crippen LogP contribution in [0.5, 0.6) is 11.5 Å². The topological polar surface area (TPSA) is 111 Å². The first-order valence-electron chi connectivity index (χ1n) is 9.09. The highest BCUT2D eigenvalue weighted by Crippen LogP contribution is 2.28. The number of anilines is 1. The van der Waals surface area contributed by atoms with Gasteiger partial charge in [-0.2, -0.15) is 0 Å². The van der Waals surface area contributed by atoms with Crippen molar-refractivity contribution in [1.82, 2.24) is 4.90 Å². The molecule has 0 heterocycles. The molecule has 158 valence electrons. The number of nitrogens with two attached hydrogens (primary N) is 1. The molecule has 3 N–H and O–H groups in total. The van der Waals surface area contributed by atoms with Gasteiger partial charge < -0.3 is 14.8 Å². The summed E-state index contributed by atoms with van der Waals surface area (Å²) in [6, 6.07) is 11.0. The number of hydrogen-bond acceptors (Lipinski definition) is 6. The van der Waals surface area contributed by atoms with Gasteiger partial charge in [-0.05, 0) is 62.9 Å². The minimum absolute atomic E-state index is 0.00916. The minimum Gasteiger partial charge on any atom is -0.493 e. The first-order chi connectivity index (χ1) is 13.7. The normalized spacial score (nSPS) is 12.5. The summed E-state index contributed by atoms with van der Waals surface area (Å²) in [7, 11) is -0.335. The summed E-state index contributed by atoms with van der Waals surface area (Å²) in [4.78, 5) is 14.4. The molecular formula is C20H27N3O5S. The Morgan fingerprint density at radius 2 is 1.83 bits per heavy atom. The zero-order valence-electron chi connectivity index (χ0n) is 17.0. The molecule has 0 aromatic heterocycles. The lowest BCUT2D eigenvalue weighted by atomic mass is 10.1. The second-order valence-corrected chi connectivity index (χ2v) is 8.13. The molecule has 9 heteroatoms. The SMILES string of the molecule is CCOc1ccc(CN(C)[C@H](C)C(=O)Nc2ccc(S(N)(=O)=O)cc2)cc1OC. The molecule has 1 atom stereocenters. The van der Waals surface area contributed by atoms with E-state index in [0.29, 0.717) is 30.3 Å². The van der Waals surface area contributed by atoms with Crippen LogP contribution in [0, 0.1) is 0 Å². The first kappa shape index (κ1) is 22.7. The van der Waals surface area contributed by atoms with Crippen LogP contribution in [0.1, 0.15) is 19.4 Å². The van der Waals surface area contributed by atoms with Gasteiger partial charge in [0.05, 0.1) is 24.7 Å². The molecule has 2 aromatic rings. The van der Waals surface area contributed by atoms with E-state index in [0.717, 1.165) is 5.56 Å². The summed E-state index contributed by atoms with van der Waals surface area (Å²) in [5.74, 6) is 1.11. The number of likely N-dealkylation sites (N-methyl/N-ethyl adjacent to an activating group) is 1. The fourth-order valence-electron chi connectivity index (χ4n) is 2.68. The molecular weight excluding hydrogens is 394 g/mol. The van der Waals surface area contributed by atoms with Crippen molar-refractivity contribution in [2.75, 3.05) is 26.1 Å². The number of hydrogen-bond donors (Lipinski definition) is 2. The number of rotatable bonds is 9. The van der Waals surface area contributed by atoms with Gasteiger partial charge in [0.2, 0.25) is 15.9 Å². The van der Waals surface area contributed by atoms with E-state index in [-0.39, 0.29) is 10.8 Å². The number of nitrogens with zero attached hydrogens (tertiary/aromatic N) is 1. The first-order valence-corrected chi connectivity index (χ1v) is 10.6. The molecule has 0 aliphatic carbocycles. The van der Waals surface area contributed by atoms with Crippen molar-refractivity contribution in [2.45, 2.75) is 31.3 Å². The Morgan fingerprint density at radius 3 is 2.38 bits per heavy atom. The molecule has 0 saturated carbocycles. The zero-order chi connectivity index (χ0) is 21.6. The summed E-state index contributed by atoms with van der Waals surface area (Å²) >= 11 is 0. The van der Waals surface area contributed by atoms with Crippen LogP contribution in [-0.4, -0.2) is 46.0 Å². The van der Waals surface area contributed by atoms with Gasteiger partial charge in [-0.1, -0.05) is 6.07 Å². The Bertz CT molecular complexity index is 945. The zero-order valence-corrected chi connectivity index (χ0v) is 17.8. The van der Waals surface area contributed by atoms with Crippen LogP contribution < -0.4 is 19.9 Å². The Labute approximate surface area is 171 Å². The average molecular weight is 422 g/mol. The van der Waals surface area contributed by atoms with E-state index in [1.54, 1.807) is 14.0 Å². The largest absolute Gasteiger partial charge is 0.493 e. The number of primary sulfonamides is 1. The highest BCUT2D eigenvalue weighted by atomic mass is 32.2. The molecule has 0 fully saturated rings. The number of benzene rings is 2. The average Bonchev–Trinajstić information content (AvgIpc) is 2.68. The summed E-state index contributed by atoms with van der Waals surface area (Å²) in [6.07, 6.45) is 0. The van der Waals surface area contributed by atoms with Crippen molar-refractivity contribution >= 4 is 21.6 Å². The molecule has 2 rings (SSSR count). The Hall–Kier alpha value is -2.62. The van der Waals surface area contributed by atoms with Crippen molar-refractivity contribution < 1.29 is 22.7 Å². The van der Waals surface area contributed by atoms with Crippen molar-refractivity contribution in [2.24, 2.45) is 5.14 Å². The van der Waals surface area contributed by atoms with Crippen molar-refractivity contribution in [3.63, 3.8) is 0 Å². The lowest BCUT2D eigenvalue weighted by Crippen LogP contribution is -2.39. The van der Waals surface area contributed by atoms with Crippen molar-refractivity contribution in [3.05, 3.63) is 48.0 Å². The quantitative estimate of drug-likeness (QED) is 0.642. The summed E-state index contributed by atoms with van der Waals surface area (Å²) < 4.78 is 33.5. The van der Waals surface area contributed by atoms with Gasteiger partial charge in [-0.25, -0.2) is 13.6 Å². The van der Waals surface area contributed by atoms with Crippen molar-refractivity contribution in [3.8, 4) is 11.5 Å². The smallest absolute Gasteiger partial charge is 0.241 e. The van der Waals surface area contributed by atoms with Gasteiger partial charge in [-0.3, -0.25) is 9.69 Å². The number of methoxy groups -OCH3 is 1. The van der Waals surface area contributed by atoms with Crippen LogP contribution >= 0.6 is 0 Å². The molecule has 0 saturated heterocycles. The maximum atomic E-state index is 12.5. The molecule has 2 aromatic carbocycles. The highest BCUT2D eigenvalue weighted by Gasteiger charge is 2.19. The third-order valence-electron chi connectivity index (χ3n) is 4.45. The number of nitrogens with one attached hydrogen (secondary N) is 1. The second-order valence-electron chi connectivity index (χ2n) is 6.57. The lowest BCUT2D eigenvalue weighted by molar-refractivity contribution is -0.120. The highest BCUT2D eigenvalue weighted by molar-refractivity contribution is 7.89. The van der Waals surface area contributed by atoms with Gasteiger partial charge in [-0.15, -0.1) is 0 Å². The summed E-state index contributed by atoms with van der Waals surface area (Å²) in [5, 5.41) is 7.85. The molecule has 8 nitrogen and oxygen atoms in total. The monoisotopic (exact) mass is 421 g/mol. The summed E-state index contributed by atoms with van der Waals surface area (Å²) in [6.45, 7) is 4.77. The maximum absolute atomic E-state index is 12.5. The van der Waals surface area contributed by atoms with E-state index >= 15 is 0 Å². The van der Waals surface area contributed by atoms with E-state index < -0.39 is 16.1 Å². The van der Waals surface area contributed by atoms with Crippen LogP contribution in [0.15, 0.2) is 47.4 Å². The van der Waals surface area contributed by atoms with Gasteiger partial charge in [0, 0.05) is 12.2 Å². The number of ether oxygens (including phenoxy) is 2. The molecule has 0 aliphatic rings. The predicted octanol–water partition coefficient (Wildman–Crippen LogP) is 2.20. The number of amides is 1. The third kappa shape index (κ3) is 6.18. The van der Waals surface area contributed by atoms with E-state index in [1.165, 1.54) is 24.3 Å². The molecule has 1 amide bonds. The van der Waals surface area contributed by atoms with Crippen LogP contribution in [0.4, 0.5) is 5.69 Å². The Balaban J connectivity index is 2.02. The third-order valence-corrected chi connectivity index (χ3v) is 5.38. The fourth-order valence-corrected chi connectivity index (χ4v) is 3.20. The summed E-state index contributed by atoms with van der Waals surface area (Å²) in [5.41, 5.74) is 1.47. The molecule has 0 unspecified atom stereocenters. The second kappa shape index (κ2) is 9.73. The fraction of sp³-hybridized carbons (Fsp3) is 0.350. The van der Waals surface area contributed by atoms with E-state index in [1.807, 2.05) is 37.1 Å². The maximum Gasteiger partial charge on any atom is 0.241 e. The lowest BCUT2D eigenvalue weighted by Gasteiger charge is -2.24. The van der Waals surface area contributed by atoms with Gasteiger partial charge in [0.25, 0.3) is 0 Å². The number of carbonyl (C=O) groups is 1. The van der Waals surface area contributed by atoms with Gasteiger partial charge >= 0.3 is 0 Å². The van der Waals surface area contributed by atoms with Crippen LogP contribution in [0.25, 0.3) is 0 Å². The number of sulfonamides is 1. The van der Waals surface area contributed by atoms with E-state index in [4.69, 9.17) is 14.6 Å². The molecule has 29 heavy (non-hydrogen) atoms. The van der Waals surface area contributed by atoms with Gasteiger partial charge in [0.1, 0.15) is 0 Å². The standard InChI is InChI=1S/C20H27N3O5S/c1-5-28-18-11-6-15(12-19(18)27-4)13-23(3)14(2)20(24)22-16-7-9-17(10-8-16)29(21,25)26/h6-12,14H,5,13H2,1-4H3,(H,22,24)(H2,21,25,26)/t14-/m1/s1. The molecule has 0 spiro atoms. The Morgan fingerprint density at radius 1 is 1.17 bits per heavy atom. The predicted molar refractivity (Wildman–Crippen MR) is 112 cm³/mol.